The van der Waals surface area contributed by atoms with Gasteiger partial charge in [0.25, 0.3) is 0 Å². The molecule has 0 spiro atoms. The number of ether oxygens (including phenoxy) is 1. The summed E-state index contributed by atoms with van der Waals surface area (Å²) >= 11 is 6.50. The number of rotatable bonds is 6. The van der Waals surface area contributed by atoms with Crippen molar-refractivity contribution in [1.82, 2.24) is 14.7 Å². The van der Waals surface area contributed by atoms with Crippen LogP contribution in [0, 0.1) is 0 Å². The van der Waals surface area contributed by atoms with Crippen LogP contribution in [-0.2, 0) is 0 Å². The third-order valence-corrected chi connectivity index (χ3v) is 8.16. The molecule has 0 bridgehead atoms. The van der Waals surface area contributed by atoms with Crippen molar-refractivity contribution >= 4 is 17.3 Å². The van der Waals surface area contributed by atoms with Gasteiger partial charge in [0.2, 0.25) is 0 Å². The van der Waals surface area contributed by atoms with Gasteiger partial charge in [0, 0.05) is 24.3 Å². The van der Waals surface area contributed by atoms with E-state index in [4.69, 9.17) is 33.5 Å². The van der Waals surface area contributed by atoms with E-state index in [1.165, 1.54) is 38.5 Å². The first kappa shape index (κ1) is 25.0. The maximum Gasteiger partial charge on any atom is 0.139 e. The summed E-state index contributed by atoms with van der Waals surface area (Å²) in [6.07, 6.45) is 8.44. The Morgan fingerprint density at radius 1 is 0.970 bits per heavy atom. The molecule has 4 rings (SSSR count). The van der Waals surface area contributed by atoms with Crippen LogP contribution in [0.15, 0.2) is 18.2 Å². The average Bonchev–Trinajstić information content (AvgIpc) is 3.09. The molecule has 1 saturated carbocycles. The zero-order valence-corrected chi connectivity index (χ0v) is 21.0. The van der Waals surface area contributed by atoms with Gasteiger partial charge in [-0.25, -0.2) is 9.80 Å². The summed E-state index contributed by atoms with van der Waals surface area (Å²) in [5.41, 5.74) is 21.7. The first-order chi connectivity index (χ1) is 16.0. The van der Waals surface area contributed by atoms with Gasteiger partial charge in [0.15, 0.2) is 0 Å². The van der Waals surface area contributed by atoms with Crippen molar-refractivity contribution in [2.45, 2.75) is 89.2 Å². The van der Waals surface area contributed by atoms with Crippen molar-refractivity contribution < 1.29 is 4.74 Å². The van der Waals surface area contributed by atoms with Gasteiger partial charge in [-0.1, -0.05) is 44.2 Å². The van der Waals surface area contributed by atoms with Crippen LogP contribution in [0.5, 0.6) is 5.75 Å². The van der Waals surface area contributed by atoms with E-state index < -0.39 is 12.6 Å². The van der Waals surface area contributed by atoms with Crippen LogP contribution in [0.25, 0.3) is 0 Å². The van der Waals surface area contributed by atoms with Crippen molar-refractivity contribution in [2.24, 2.45) is 17.2 Å². The van der Waals surface area contributed by atoms with Gasteiger partial charge in [-0.2, -0.15) is 0 Å². The van der Waals surface area contributed by atoms with Crippen LogP contribution in [-0.4, -0.2) is 72.4 Å². The Hall–Kier alpha value is -1.13. The predicted molar refractivity (Wildman–Crippen MR) is 135 cm³/mol. The summed E-state index contributed by atoms with van der Waals surface area (Å²) in [6.45, 7) is 5.25. The SMILES string of the molecule is CCN1CCCC1CN1C(N)N(c2ccc(OC)c(Cl)c2)C(N)N(C2CCCCCC2)C1N. The van der Waals surface area contributed by atoms with E-state index in [2.05, 4.69) is 26.5 Å². The number of anilines is 1. The number of methoxy groups -OCH3 is 1. The van der Waals surface area contributed by atoms with Crippen molar-refractivity contribution in [3.63, 3.8) is 0 Å². The van der Waals surface area contributed by atoms with Gasteiger partial charge < -0.3 is 15.4 Å². The molecular weight excluding hydrogens is 438 g/mol. The Balaban J connectivity index is 1.67. The predicted octanol–water partition coefficient (Wildman–Crippen LogP) is 2.71. The second-order valence-corrected chi connectivity index (χ2v) is 10.1. The van der Waals surface area contributed by atoms with E-state index in [1.54, 1.807) is 7.11 Å². The molecular formula is C24H42ClN7O. The van der Waals surface area contributed by atoms with Crippen LogP contribution >= 0.6 is 11.6 Å². The number of benzene rings is 1. The lowest BCUT2D eigenvalue weighted by Crippen LogP contribution is -2.80. The molecule has 1 aromatic carbocycles. The monoisotopic (exact) mass is 479 g/mol. The number of likely N-dealkylation sites (N-methyl/N-ethyl adjacent to an activating group) is 1. The van der Waals surface area contributed by atoms with Gasteiger partial charge in [0.1, 0.15) is 24.6 Å². The summed E-state index contributed by atoms with van der Waals surface area (Å²) in [6, 6.07) is 6.56. The van der Waals surface area contributed by atoms with E-state index in [-0.39, 0.29) is 6.29 Å². The highest BCUT2D eigenvalue weighted by molar-refractivity contribution is 6.32. The van der Waals surface area contributed by atoms with Crippen molar-refractivity contribution in [3.05, 3.63) is 23.2 Å². The zero-order chi connectivity index (χ0) is 23.5. The Kier molecular flexibility index (Phi) is 8.38. The van der Waals surface area contributed by atoms with Gasteiger partial charge in [0.05, 0.1) is 12.1 Å². The number of hydrogen-bond acceptors (Lipinski definition) is 8. The summed E-state index contributed by atoms with van der Waals surface area (Å²) in [5.74, 6) is 0.637. The topological polar surface area (TPSA) is 100 Å². The summed E-state index contributed by atoms with van der Waals surface area (Å²) in [4.78, 5) is 9.16. The molecule has 1 aliphatic carbocycles. The van der Waals surface area contributed by atoms with Crippen molar-refractivity contribution in [2.75, 3.05) is 31.6 Å². The van der Waals surface area contributed by atoms with Crippen LogP contribution in [0.2, 0.25) is 5.02 Å². The largest absolute Gasteiger partial charge is 0.495 e. The first-order valence-corrected chi connectivity index (χ1v) is 13.0. The normalized spacial score (nSPS) is 31.2. The van der Waals surface area contributed by atoms with Gasteiger partial charge in [-0.3, -0.25) is 16.4 Å². The smallest absolute Gasteiger partial charge is 0.139 e. The zero-order valence-electron chi connectivity index (χ0n) is 20.2. The average molecular weight is 480 g/mol. The number of likely N-dealkylation sites (tertiary alicyclic amines) is 1. The maximum atomic E-state index is 6.97. The molecule has 3 fully saturated rings. The fourth-order valence-electron chi connectivity index (χ4n) is 6.03. The molecule has 6 N–H and O–H groups in total. The first-order valence-electron chi connectivity index (χ1n) is 12.6. The minimum absolute atomic E-state index is 0.317. The number of hydrogen-bond donors (Lipinski definition) is 3. The third kappa shape index (κ3) is 5.12. The molecule has 1 aromatic rings. The molecule has 4 unspecified atom stereocenters. The highest BCUT2D eigenvalue weighted by Gasteiger charge is 2.46. The van der Waals surface area contributed by atoms with Gasteiger partial charge in [-0.05, 0) is 57.0 Å². The quantitative estimate of drug-likeness (QED) is 0.535. The molecule has 33 heavy (non-hydrogen) atoms. The molecule has 2 aliphatic heterocycles. The van der Waals surface area contributed by atoms with E-state index in [1.807, 2.05) is 18.2 Å². The Labute approximate surface area is 203 Å². The Bertz CT molecular complexity index is 775. The molecule has 3 aliphatic rings. The summed E-state index contributed by atoms with van der Waals surface area (Å²) in [7, 11) is 1.62. The fraction of sp³-hybridized carbons (Fsp3) is 0.750. The lowest BCUT2D eigenvalue weighted by Gasteiger charge is -2.57. The molecule has 2 heterocycles. The van der Waals surface area contributed by atoms with Crippen LogP contribution < -0.4 is 26.8 Å². The van der Waals surface area contributed by atoms with Crippen molar-refractivity contribution in [3.8, 4) is 5.75 Å². The Morgan fingerprint density at radius 2 is 1.70 bits per heavy atom. The van der Waals surface area contributed by atoms with Crippen LogP contribution in [0.1, 0.15) is 58.3 Å². The summed E-state index contributed by atoms with van der Waals surface area (Å²) in [5, 5.41) is 0.546. The van der Waals surface area contributed by atoms with Crippen LogP contribution in [0.4, 0.5) is 5.69 Å². The highest BCUT2D eigenvalue weighted by atomic mass is 35.5. The molecule has 0 radical (unpaired) electrons. The third-order valence-electron chi connectivity index (χ3n) is 7.87. The molecule has 0 aromatic heterocycles. The van der Waals surface area contributed by atoms with Gasteiger partial charge >= 0.3 is 0 Å². The highest BCUT2D eigenvalue weighted by Crippen LogP contribution is 2.35. The maximum absolute atomic E-state index is 6.97. The van der Waals surface area contributed by atoms with Crippen molar-refractivity contribution in [1.29, 1.82) is 0 Å². The molecule has 2 saturated heterocycles. The summed E-state index contributed by atoms with van der Waals surface area (Å²) < 4.78 is 5.36. The van der Waals surface area contributed by atoms with Crippen LogP contribution in [0.3, 0.4) is 0 Å². The molecule has 186 valence electrons. The van der Waals surface area contributed by atoms with E-state index in [9.17, 15) is 0 Å². The minimum Gasteiger partial charge on any atom is -0.495 e. The second-order valence-electron chi connectivity index (χ2n) is 9.68. The van der Waals surface area contributed by atoms with E-state index >= 15 is 0 Å². The molecule has 0 amide bonds. The van der Waals surface area contributed by atoms with Gasteiger partial charge in [-0.15, -0.1) is 0 Å². The number of nitrogens with zero attached hydrogens (tertiary/aromatic N) is 4. The lowest BCUT2D eigenvalue weighted by atomic mass is 10.1. The molecule has 4 atom stereocenters. The Morgan fingerprint density at radius 3 is 2.33 bits per heavy atom. The van der Waals surface area contributed by atoms with E-state index in [0.717, 1.165) is 38.2 Å². The van der Waals surface area contributed by atoms with E-state index in [0.29, 0.717) is 22.9 Å². The molecule has 8 nitrogen and oxygen atoms in total. The molecule has 9 heteroatoms. The lowest BCUT2D eigenvalue weighted by molar-refractivity contribution is -0.0917. The fourth-order valence-corrected chi connectivity index (χ4v) is 6.28. The minimum atomic E-state index is -0.444. The second kappa shape index (κ2) is 11.1. The standard InChI is InChI=1S/C24H42ClN7O/c1-3-29-14-8-11-19(29)16-30-22(26)31(17-9-6-4-5-7-10-17)24(28)32(23(30)27)18-12-13-21(33-2)20(25)15-18/h12-13,15,17,19,22-24H,3-11,14,16,26-28H2,1-2H3. The number of nitrogens with two attached hydrogens (primary N) is 3. The number of halogens is 1.